The smallest absolute Gasteiger partial charge is 0.0327 e. The highest BCUT2D eigenvalue weighted by molar-refractivity contribution is 4.94. The molecular formula is C14H29N. The summed E-state index contributed by atoms with van der Waals surface area (Å²) in [6.07, 6.45) is 11.8. The normalized spacial score (nSPS) is 14.9. The Morgan fingerprint density at radius 1 is 1.33 bits per heavy atom. The lowest BCUT2D eigenvalue weighted by molar-refractivity contribution is 0.226. The first-order valence-corrected chi connectivity index (χ1v) is 6.32. The minimum absolute atomic E-state index is 0. The molecular weight excluding hydrogens is 182 g/mol. The Morgan fingerprint density at radius 2 is 2.00 bits per heavy atom. The second-order valence-electron chi connectivity index (χ2n) is 4.56. The molecule has 0 fully saturated rings. The maximum absolute atomic E-state index is 5.57. The molecule has 0 aromatic heterocycles. The summed E-state index contributed by atoms with van der Waals surface area (Å²) in [6, 6.07) is 0.645. The molecule has 0 rings (SSSR count). The SMILES string of the molecule is C#CC(CCCCC)CN(C)C(C)CC.[HH]. The Labute approximate surface area is 97.7 Å². The third kappa shape index (κ3) is 6.57. The largest absolute Gasteiger partial charge is 0.302 e. The van der Waals surface area contributed by atoms with Crippen molar-refractivity contribution in [3.63, 3.8) is 0 Å². The number of unbranched alkanes of at least 4 members (excludes halogenated alkanes) is 2. The van der Waals surface area contributed by atoms with E-state index in [1.165, 1.54) is 32.1 Å². The average molecular weight is 211 g/mol. The van der Waals surface area contributed by atoms with Gasteiger partial charge in [0.05, 0.1) is 0 Å². The molecule has 1 heteroatoms. The Kier molecular flexibility index (Phi) is 8.52. The molecule has 0 bridgehead atoms. The van der Waals surface area contributed by atoms with Crippen LogP contribution in [0.15, 0.2) is 0 Å². The summed E-state index contributed by atoms with van der Waals surface area (Å²) < 4.78 is 0. The van der Waals surface area contributed by atoms with Crippen molar-refractivity contribution in [2.45, 2.75) is 58.9 Å². The molecule has 0 aliphatic rings. The first-order chi connectivity index (χ1) is 7.15. The van der Waals surface area contributed by atoms with E-state index in [0.717, 1.165) is 6.54 Å². The molecule has 15 heavy (non-hydrogen) atoms. The lowest BCUT2D eigenvalue weighted by Crippen LogP contribution is -2.32. The molecule has 0 aliphatic heterocycles. The van der Waals surface area contributed by atoms with Gasteiger partial charge < -0.3 is 4.90 Å². The summed E-state index contributed by atoms with van der Waals surface area (Å²) in [6.45, 7) is 7.77. The van der Waals surface area contributed by atoms with E-state index in [-0.39, 0.29) is 1.43 Å². The van der Waals surface area contributed by atoms with Gasteiger partial charge in [0.15, 0.2) is 0 Å². The van der Waals surface area contributed by atoms with Gasteiger partial charge in [-0.2, -0.15) is 0 Å². The lowest BCUT2D eigenvalue weighted by Gasteiger charge is -2.26. The van der Waals surface area contributed by atoms with Crippen LogP contribution in [0.1, 0.15) is 54.3 Å². The van der Waals surface area contributed by atoms with Gasteiger partial charge in [-0.05, 0) is 26.8 Å². The van der Waals surface area contributed by atoms with Gasteiger partial charge in [0, 0.05) is 19.9 Å². The summed E-state index contributed by atoms with van der Waals surface area (Å²) in [5, 5.41) is 0. The number of nitrogens with zero attached hydrogens (tertiary/aromatic N) is 1. The van der Waals surface area contributed by atoms with Crippen molar-refractivity contribution < 1.29 is 1.43 Å². The fourth-order valence-electron chi connectivity index (χ4n) is 1.71. The summed E-state index contributed by atoms with van der Waals surface area (Å²) in [5.41, 5.74) is 0. The van der Waals surface area contributed by atoms with E-state index < -0.39 is 0 Å². The van der Waals surface area contributed by atoms with E-state index in [0.29, 0.717) is 12.0 Å². The molecule has 0 N–H and O–H groups in total. The van der Waals surface area contributed by atoms with Crippen LogP contribution >= 0.6 is 0 Å². The second kappa shape index (κ2) is 8.80. The van der Waals surface area contributed by atoms with Gasteiger partial charge in [-0.3, -0.25) is 0 Å². The molecule has 0 aromatic rings. The first kappa shape index (κ1) is 14.5. The van der Waals surface area contributed by atoms with Gasteiger partial charge in [-0.15, -0.1) is 12.3 Å². The Bertz CT molecular complexity index is 186. The molecule has 0 amide bonds. The molecule has 0 aliphatic carbocycles. The van der Waals surface area contributed by atoms with Crippen LogP contribution < -0.4 is 0 Å². The maximum Gasteiger partial charge on any atom is 0.0327 e. The predicted octanol–water partition coefficient (Wildman–Crippen LogP) is 3.79. The summed E-state index contributed by atoms with van der Waals surface area (Å²) in [7, 11) is 2.18. The Balaban J connectivity index is 0. The minimum atomic E-state index is 0. The topological polar surface area (TPSA) is 3.24 Å². The van der Waals surface area contributed by atoms with E-state index in [4.69, 9.17) is 6.42 Å². The number of terminal acetylenes is 1. The van der Waals surface area contributed by atoms with E-state index in [9.17, 15) is 0 Å². The maximum atomic E-state index is 5.57. The molecule has 2 atom stereocenters. The fraction of sp³-hybridized carbons (Fsp3) is 0.857. The number of hydrogen-bond donors (Lipinski definition) is 0. The van der Waals surface area contributed by atoms with Crippen molar-refractivity contribution in [1.29, 1.82) is 0 Å². The third-order valence-corrected chi connectivity index (χ3v) is 3.24. The van der Waals surface area contributed by atoms with Crippen LogP contribution in [0.25, 0.3) is 0 Å². The third-order valence-electron chi connectivity index (χ3n) is 3.24. The molecule has 0 radical (unpaired) electrons. The van der Waals surface area contributed by atoms with Gasteiger partial charge in [-0.1, -0.05) is 33.1 Å². The monoisotopic (exact) mass is 211 g/mol. The zero-order chi connectivity index (χ0) is 11.7. The van der Waals surface area contributed by atoms with Gasteiger partial charge in [0.25, 0.3) is 0 Å². The van der Waals surface area contributed by atoms with Crippen molar-refractivity contribution in [2.24, 2.45) is 5.92 Å². The highest BCUT2D eigenvalue weighted by atomic mass is 15.1. The molecule has 90 valence electrons. The Morgan fingerprint density at radius 3 is 2.47 bits per heavy atom. The first-order valence-electron chi connectivity index (χ1n) is 6.32. The van der Waals surface area contributed by atoms with Crippen LogP contribution in [0.2, 0.25) is 0 Å². The van der Waals surface area contributed by atoms with E-state index in [2.05, 4.69) is 38.6 Å². The van der Waals surface area contributed by atoms with Crippen molar-refractivity contribution in [1.82, 2.24) is 4.90 Å². The second-order valence-corrected chi connectivity index (χ2v) is 4.56. The fourth-order valence-corrected chi connectivity index (χ4v) is 1.71. The highest BCUT2D eigenvalue weighted by Crippen LogP contribution is 2.12. The van der Waals surface area contributed by atoms with E-state index in [1.54, 1.807) is 0 Å². The standard InChI is InChI=1S/C14H27N.H2/c1-6-9-10-11-14(8-3)12-15(5)13(4)7-2;/h3,13-14H,6-7,9-12H2,1-2,4-5H3;1H. The quantitative estimate of drug-likeness (QED) is 0.436. The summed E-state index contributed by atoms with van der Waals surface area (Å²) in [4.78, 5) is 2.39. The van der Waals surface area contributed by atoms with Crippen LogP contribution in [0.5, 0.6) is 0 Å². The number of hydrogen-bond acceptors (Lipinski definition) is 1. The van der Waals surface area contributed by atoms with Crippen molar-refractivity contribution in [3.05, 3.63) is 0 Å². The van der Waals surface area contributed by atoms with Crippen LogP contribution in [-0.2, 0) is 0 Å². The average Bonchev–Trinajstić information content (AvgIpc) is 2.26. The van der Waals surface area contributed by atoms with Gasteiger partial charge in [-0.25, -0.2) is 0 Å². The summed E-state index contributed by atoms with van der Waals surface area (Å²) >= 11 is 0. The molecule has 0 saturated heterocycles. The summed E-state index contributed by atoms with van der Waals surface area (Å²) in [5.74, 6) is 3.37. The molecule has 0 aromatic carbocycles. The molecule has 0 spiro atoms. The van der Waals surface area contributed by atoms with Crippen LogP contribution in [0, 0.1) is 18.3 Å². The van der Waals surface area contributed by atoms with Crippen LogP contribution in [-0.4, -0.2) is 24.5 Å². The van der Waals surface area contributed by atoms with Crippen molar-refractivity contribution in [3.8, 4) is 12.3 Å². The Hall–Kier alpha value is -0.480. The van der Waals surface area contributed by atoms with Gasteiger partial charge in [0.2, 0.25) is 0 Å². The molecule has 1 nitrogen and oxygen atoms in total. The van der Waals surface area contributed by atoms with E-state index >= 15 is 0 Å². The molecule has 0 saturated carbocycles. The van der Waals surface area contributed by atoms with Gasteiger partial charge >= 0.3 is 0 Å². The van der Waals surface area contributed by atoms with Crippen LogP contribution in [0.4, 0.5) is 0 Å². The predicted molar refractivity (Wildman–Crippen MR) is 71.0 cm³/mol. The van der Waals surface area contributed by atoms with E-state index in [1.807, 2.05) is 0 Å². The lowest BCUT2D eigenvalue weighted by atomic mass is 10.0. The van der Waals surface area contributed by atoms with Gasteiger partial charge in [0.1, 0.15) is 0 Å². The zero-order valence-corrected chi connectivity index (χ0v) is 10.9. The zero-order valence-electron chi connectivity index (χ0n) is 10.9. The highest BCUT2D eigenvalue weighted by Gasteiger charge is 2.12. The molecule has 2 unspecified atom stereocenters. The minimum Gasteiger partial charge on any atom is -0.302 e. The number of rotatable bonds is 8. The van der Waals surface area contributed by atoms with Crippen molar-refractivity contribution >= 4 is 0 Å². The molecule has 0 heterocycles. The van der Waals surface area contributed by atoms with Crippen LogP contribution in [0.3, 0.4) is 0 Å². The van der Waals surface area contributed by atoms with Crippen molar-refractivity contribution in [2.75, 3.05) is 13.6 Å².